The van der Waals surface area contributed by atoms with Crippen molar-refractivity contribution < 1.29 is 13.2 Å². The summed E-state index contributed by atoms with van der Waals surface area (Å²) in [7, 11) is -3.68. The number of ether oxygens (including phenoxy) is 1. The van der Waals surface area contributed by atoms with Gasteiger partial charge in [0.2, 0.25) is 0 Å². The lowest BCUT2D eigenvalue weighted by atomic mass is 10.1. The Morgan fingerprint density at radius 2 is 1.70 bits per heavy atom. The molecule has 0 unspecified atom stereocenters. The fourth-order valence-corrected chi connectivity index (χ4v) is 2.74. The van der Waals surface area contributed by atoms with E-state index in [1.807, 2.05) is 31.2 Å². The first-order chi connectivity index (χ1) is 11.0. The molecule has 0 aromatic heterocycles. The molecule has 0 saturated carbocycles. The molecule has 5 nitrogen and oxygen atoms in total. The van der Waals surface area contributed by atoms with Crippen LogP contribution in [0.2, 0.25) is 0 Å². The van der Waals surface area contributed by atoms with Crippen molar-refractivity contribution in [1.29, 1.82) is 0 Å². The first-order valence-corrected chi connectivity index (χ1v) is 8.90. The van der Waals surface area contributed by atoms with E-state index < -0.39 is 10.0 Å². The van der Waals surface area contributed by atoms with E-state index in [1.165, 1.54) is 23.9 Å². The van der Waals surface area contributed by atoms with Crippen LogP contribution in [0.3, 0.4) is 0 Å². The van der Waals surface area contributed by atoms with Crippen molar-refractivity contribution in [2.24, 2.45) is 5.10 Å². The van der Waals surface area contributed by atoms with Crippen LogP contribution in [-0.2, 0) is 16.4 Å². The molecule has 0 aliphatic heterocycles. The van der Waals surface area contributed by atoms with E-state index in [0.29, 0.717) is 12.4 Å². The number of nitrogens with one attached hydrogen (secondary N) is 1. The molecule has 0 saturated heterocycles. The van der Waals surface area contributed by atoms with Gasteiger partial charge in [-0.3, -0.25) is 0 Å². The molecule has 0 aliphatic rings. The van der Waals surface area contributed by atoms with Crippen LogP contribution in [0.1, 0.15) is 25.0 Å². The van der Waals surface area contributed by atoms with Crippen LogP contribution in [-0.4, -0.2) is 21.2 Å². The molecule has 2 aromatic carbocycles. The zero-order chi connectivity index (χ0) is 16.7. The highest BCUT2D eigenvalue weighted by Gasteiger charge is 2.12. The Morgan fingerprint density at radius 1 is 1.04 bits per heavy atom. The third-order valence-electron chi connectivity index (χ3n) is 3.22. The van der Waals surface area contributed by atoms with Crippen LogP contribution in [0.25, 0.3) is 0 Å². The number of hydrogen-bond acceptors (Lipinski definition) is 4. The lowest BCUT2D eigenvalue weighted by Crippen LogP contribution is -2.18. The van der Waals surface area contributed by atoms with Crippen molar-refractivity contribution >= 4 is 16.2 Å². The smallest absolute Gasteiger partial charge is 0.276 e. The van der Waals surface area contributed by atoms with Gasteiger partial charge in [0.25, 0.3) is 10.0 Å². The van der Waals surface area contributed by atoms with Gasteiger partial charge in [-0.05, 0) is 48.7 Å². The Bertz CT molecular complexity index is 751. The van der Waals surface area contributed by atoms with Crippen LogP contribution in [0.5, 0.6) is 5.75 Å². The quantitative estimate of drug-likeness (QED) is 0.626. The van der Waals surface area contributed by atoms with E-state index in [-0.39, 0.29) is 4.90 Å². The van der Waals surface area contributed by atoms with Gasteiger partial charge in [0.15, 0.2) is 0 Å². The molecular formula is C17H20N2O3S. The predicted octanol–water partition coefficient (Wildman–Crippen LogP) is 2.96. The fraction of sp³-hybridized carbons (Fsp3) is 0.235. The van der Waals surface area contributed by atoms with Crippen LogP contribution in [0.4, 0.5) is 0 Å². The Morgan fingerprint density at radius 3 is 2.26 bits per heavy atom. The summed E-state index contributed by atoms with van der Waals surface area (Å²) < 4.78 is 29.5. The topological polar surface area (TPSA) is 67.8 Å². The summed E-state index contributed by atoms with van der Waals surface area (Å²) in [5, 5.41) is 3.81. The molecule has 1 N–H and O–H groups in total. The summed E-state index contributed by atoms with van der Waals surface area (Å²) in [6, 6.07) is 14.0. The summed E-state index contributed by atoms with van der Waals surface area (Å²) in [5.74, 6) is 0.631. The molecule has 0 aliphatic carbocycles. The Hall–Kier alpha value is -2.34. The summed E-state index contributed by atoms with van der Waals surface area (Å²) in [4.78, 5) is 2.34. The van der Waals surface area contributed by atoms with E-state index in [9.17, 15) is 8.42 Å². The summed E-state index contributed by atoms with van der Waals surface area (Å²) in [6.45, 7) is 4.48. The van der Waals surface area contributed by atoms with Gasteiger partial charge in [0, 0.05) is 0 Å². The predicted molar refractivity (Wildman–Crippen MR) is 91.3 cm³/mol. The maximum atomic E-state index is 12.1. The largest absolute Gasteiger partial charge is 0.494 e. The number of hydrogen-bond donors (Lipinski definition) is 1. The molecule has 0 radical (unpaired) electrons. The minimum atomic E-state index is -3.68. The van der Waals surface area contributed by atoms with Crippen molar-refractivity contribution in [3.63, 3.8) is 0 Å². The minimum absolute atomic E-state index is 0.138. The number of sulfonamides is 1. The molecule has 122 valence electrons. The Labute approximate surface area is 137 Å². The van der Waals surface area contributed by atoms with Gasteiger partial charge in [-0.15, -0.1) is 0 Å². The second-order valence-corrected chi connectivity index (χ2v) is 6.51. The monoisotopic (exact) mass is 332 g/mol. The summed E-state index contributed by atoms with van der Waals surface area (Å²) >= 11 is 0. The maximum absolute atomic E-state index is 12.1. The second kappa shape index (κ2) is 7.78. The molecule has 0 fully saturated rings. The lowest BCUT2D eigenvalue weighted by molar-refractivity contribution is 0.340. The molecule has 23 heavy (non-hydrogen) atoms. The van der Waals surface area contributed by atoms with Gasteiger partial charge in [-0.1, -0.05) is 31.2 Å². The summed E-state index contributed by atoms with van der Waals surface area (Å²) in [6.07, 6.45) is 2.44. The van der Waals surface area contributed by atoms with E-state index in [0.717, 1.165) is 12.0 Å². The van der Waals surface area contributed by atoms with Crippen LogP contribution >= 0.6 is 0 Å². The van der Waals surface area contributed by atoms with Gasteiger partial charge >= 0.3 is 0 Å². The number of nitrogens with zero attached hydrogens (tertiary/aromatic N) is 1. The Balaban J connectivity index is 2.03. The second-order valence-electron chi connectivity index (χ2n) is 4.85. The van der Waals surface area contributed by atoms with Crippen LogP contribution in [0, 0.1) is 0 Å². The van der Waals surface area contributed by atoms with Crippen molar-refractivity contribution in [3.05, 3.63) is 59.7 Å². The van der Waals surface area contributed by atoms with Gasteiger partial charge in [-0.25, -0.2) is 4.83 Å². The molecule has 0 amide bonds. The maximum Gasteiger partial charge on any atom is 0.276 e. The molecule has 0 bridgehead atoms. The van der Waals surface area contributed by atoms with Crippen LogP contribution in [0.15, 0.2) is 58.5 Å². The molecule has 0 atom stereocenters. The highest BCUT2D eigenvalue weighted by atomic mass is 32.2. The highest BCUT2D eigenvalue weighted by Crippen LogP contribution is 2.15. The number of aryl methyl sites for hydroxylation is 1. The van der Waals surface area contributed by atoms with Crippen LogP contribution < -0.4 is 9.57 Å². The standard InChI is InChI=1S/C17H20N2O3S/c1-3-14-5-7-15(8-6-14)13-18-19-23(20,21)17-11-9-16(10-12-17)22-4-2/h5-13,19H,3-4H2,1-2H3. The van der Waals surface area contributed by atoms with Gasteiger partial charge in [0.05, 0.1) is 17.7 Å². The zero-order valence-corrected chi connectivity index (χ0v) is 14.0. The fourth-order valence-electron chi connectivity index (χ4n) is 1.94. The molecule has 2 aromatic rings. The zero-order valence-electron chi connectivity index (χ0n) is 13.2. The molecule has 0 spiro atoms. The average Bonchev–Trinajstić information content (AvgIpc) is 2.56. The third kappa shape index (κ3) is 4.82. The van der Waals surface area contributed by atoms with Gasteiger partial charge in [-0.2, -0.15) is 13.5 Å². The molecular weight excluding hydrogens is 312 g/mol. The molecule has 0 heterocycles. The van der Waals surface area contributed by atoms with Gasteiger partial charge in [0.1, 0.15) is 5.75 Å². The first-order valence-electron chi connectivity index (χ1n) is 7.42. The van der Waals surface area contributed by atoms with Crippen molar-refractivity contribution in [2.75, 3.05) is 6.61 Å². The average molecular weight is 332 g/mol. The minimum Gasteiger partial charge on any atom is -0.494 e. The number of rotatable bonds is 7. The van der Waals surface area contributed by atoms with E-state index in [4.69, 9.17) is 4.74 Å². The third-order valence-corrected chi connectivity index (χ3v) is 4.46. The van der Waals surface area contributed by atoms with Gasteiger partial charge < -0.3 is 4.74 Å². The summed E-state index contributed by atoms with van der Waals surface area (Å²) in [5.41, 5.74) is 2.05. The molecule has 2 rings (SSSR count). The van der Waals surface area contributed by atoms with E-state index in [1.54, 1.807) is 12.1 Å². The first kappa shape index (κ1) is 17.0. The highest BCUT2D eigenvalue weighted by molar-refractivity contribution is 7.89. The SMILES string of the molecule is CCOc1ccc(S(=O)(=O)NN=Cc2ccc(CC)cc2)cc1. The number of benzene rings is 2. The van der Waals surface area contributed by atoms with E-state index in [2.05, 4.69) is 16.9 Å². The van der Waals surface area contributed by atoms with Crippen molar-refractivity contribution in [2.45, 2.75) is 25.2 Å². The van der Waals surface area contributed by atoms with Crippen molar-refractivity contribution in [3.8, 4) is 5.75 Å². The lowest BCUT2D eigenvalue weighted by Gasteiger charge is -2.05. The van der Waals surface area contributed by atoms with Crippen molar-refractivity contribution in [1.82, 2.24) is 4.83 Å². The molecule has 6 heteroatoms. The number of hydrazone groups is 1. The van der Waals surface area contributed by atoms with E-state index >= 15 is 0 Å². The normalized spacial score (nSPS) is 11.6. The Kier molecular flexibility index (Phi) is 5.76.